The van der Waals surface area contributed by atoms with E-state index in [1.165, 1.54) is 10.9 Å². The average Bonchev–Trinajstić information content (AvgIpc) is 2.83. The molecule has 3 N–H and O–H groups in total. The van der Waals surface area contributed by atoms with Crippen LogP contribution < -0.4 is 10.6 Å². The number of nitrogens with one attached hydrogen (secondary N) is 2. The summed E-state index contributed by atoms with van der Waals surface area (Å²) in [7, 11) is 0. The molecule has 0 aromatic carbocycles. The second-order valence-corrected chi connectivity index (χ2v) is 5.03. The van der Waals surface area contributed by atoms with E-state index in [1.54, 1.807) is 0 Å². The lowest BCUT2D eigenvalue weighted by Crippen LogP contribution is -2.45. The van der Waals surface area contributed by atoms with Crippen LogP contribution in [0.25, 0.3) is 0 Å². The van der Waals surface area contributed by atoms with Gasteiger partial charge in [-0.25, -0.2) is 9.48 Å². The number of hydrogen-bond donors (Lipinski definition) is 3. The Bertz CT molecular complexity index is 504. The zero-order valence-corrected chi connectivity index (χ0v) is 11.8. The molecule has 1 aliphatic rings. The molecular formula is C12H19N5O4. The number of hydrogen-bond acceptors (Lipinski definition) is 5. The minimum atomic E-state index is -0.995. The molecule has 0 bridgehead atoms. The van der Waals surface area contributed by atoms with Crippen molar-refractivity contribution in [3.63, 3.8) is 0 Å². The van der Waals surface area contributed by atoms with Gasteiger partial charge in [0.1, 0.15) is 12.2 Å². The number of carboxylic acids is 1. The summed E-state index contributed by atoms with van der Waals surface area (Å²) in [6, 6.07) is -0.168. The highest BCUT2D eigenvalue weighted by Gasteiger charge is 2.20. The Kier molecular flexibility index (Phi) is 5.09. The van der Waals surface area contributed by atoms with E-state index in [4.69, 9.17) is 9.84 Å². The Hall–Kier alpha value is -2.16. The number of carboxylic acid groups (broad SMARTS) is 1. The van der Waals surface area contributed by atoms with Crippen LogP contribution in [0.15, 0.2) is 6.20 Å². The third kappa shape index (κ3) is 5.03. The largest absolute Gasteiger partial charge is 0.480 e. The van der Waals surface area contributed by atoms with Gasteiger partial charge in [-0.2, -0.15) is 0 Å². The number of amides is 2. The van der Waals surface area contributed by atoms with Gasteiger partial charge in [-0.05, 0) is 19.8 Å². The van der Waals surface area contributed by atoms with Gasteiger partial charge in [0.2, 0.25) is 0 Å². The van der Waals surface area contributed by atoms with Gasteiger partial charge in [0.15, 0.2) is 0 Å². The molecule has 2 atom stereocenters. The molecule has 21 heavy (non-hydrogen) atoms. The fraction of sp³-hybridized carbons (Fsp3) is 0.667. The number of aromatic nitrogens is 3. The standard InChI is InChI=1S/C12H19N5O4/c1-8-4-9(2-3-21-8)14-12(20)13-5-10-6-17(16-15-10)7-11(18)19/h6,8-9H,2-5,7H2,1H3,(H,18,19)(H2,13,14,20). The summed E-state index contributed by atoms with van der Waals surface area (Å²) in [5.41, 5.74) is 0.506. The zero-order chi connectivity index (χ0) is 15.2. The lowest BCUT2D eigenvalue weighted by Gasteiger charge is -2.27. The lowest BCUT2D eigenvalue weighted by molar-refractivity contribution is -0.137. The van der Waals surface area contributed by atoms with E-state index in [-0.39, 0.29) is 31.3 Å². The van der Waals surface area contributed by atoms with Crippen LogP contribution in [-0.2, 0) is 22.6 Å². The maximum atomic E-state index is 11.8. The summed E-state index contributed by atoms with van der Waals surface area (Å²) in [5.74, 6) is -0.995. The van der Waals surface area contributed by atoms with E-state index in [1.807, 2.05) is 6.92 Å². The van der Waals surface area contributed by atoms with Crippen molar-refractivity contribution in [2.75, 3.05) is 6.61 Å². The number of urea groups is 1. The zero-order valence-electron chi connectivity index (χ0n) is 11.8. The first kappa shape index (κ1) is 15.2. The molecule has 116 valence electrons. The minimum Gasteiger partial charge on any atom is -0.480 e. The fourth-order valence-corrected chi connectivity index (χ4v) is 2.17. The van der Waals surface area contributed by atoms with Crippen molar-refractivity contribution in [1.82, 2.24) is 25.6 Å². The number of nitrogens with zero attached hydrogens (tertiary/aromatic N) is 3. The predicted molar refractivity (Wildman–Crippen MR) is 71.5 cm³/mol. The monoisotopic (exact) mass is 297 g/mol. The van der Waals surface area contributed by atoms with Crippen LogP contribution in [0.3, 0.4) is 0 Å². The van der Waals surface area contributed by atoms with Crippen molar-refractivity contribution < 1.29 is 19.4 Å². The van der Waals surface area contributed by atoms with Gasteiger partial charge in [0.25, 0.3) is 0 Å². The van der Waals surface area contributed by atoms with Crippen molar-refractivity contribution in [1.29, 1.82) is 0 Å². The van der Waals surface area contributed by atoms with E-state index < -0.39 is 5.97 Å². The first-order chi connectivity index (χ1) is 10.0. The van der Waals surface area contributed by atoms with E-state index in [2.05, 4.69) is 20.9 Å². The number of aliphatic carboxylic acids is 1. The molecule has 1 saturated heterocycles. The molecule has 9 nitrogen and oxygen atoms in total. The molecule has 1 aromatic rings. The summed E-state index contributed by atoms with van der Waals surface area (Å²) in [4.78, 5) is 22.3. The van der Waals surface area contributed by atoms with Crippen LogP contribution in [0.1, 0.15) is 25.5 Å². The molecule has 2 amide bonds. The van der Waals surface area contributed by atoms with Crippen LogP contribution in [0.5, 0.6) is 0 Å². The van der Waals surface area contributed by atoms with Crippen molar-refractivity contribution in [2.24, 2.45) is 0 Å². The maximum absolute atomic E-state index is 11.8. The lowest BCUT2D eigenvalue weighted by atomic mass is 10.0. The van der Waals surface area contributed by atoms with Crippen molar-refractivity contribution in [2.45, 2.75) is 45.0 Å². The normalized spacial score (nSPS) is 21.8. The maximum Gasteiger partial charge on any atom is 0.325 e. The SMILES string of the molecule is CC1CC(NC(=O)NCc2cn(CC(=O)O)nn2)CCO1. The van der Waals surface area contributed by atoms with E-state index in [0.717, 1.165) is 12.8 Å². The minimum absolute atomic E-state index is 0.108. The molecular weight excluding hydrogens is 278 g/mol. The van der Waals surface area contributed by atoms with Crippen molar-refractivity contribution >= 4 is 12.0 Å². The van der Waals surface area contributed by atoms with Gasteiger partial charge < -0.3 is 20.5 Å². The molecule has 2 heterocycles. The summed E-state index contributed by atoms with van der Waals surface area (Å²) >= 11 is 0. The van der Waals surface area contributed by atoms with Gasteiger partial charge in [0.05, 0.1) is 18.8 Å². The van der Waals surface area contributed by atoms with Crippen LogP contribution >= 0.6 is 0 Å². The number of ether oxygens (including phenoxy) is 1. The Morgan fingerprint density at radius 2 is 2.38 bits per heavy atom. The Morgan fingerprint density at radius 3 is 3.10 bits per heavy atom. The second-order valence-electron chi connectivity index (χ2n) is 5.03. The Labute approximate surface area is 121 Å². The van der Waals surface area contributed by atoms with Crippen molar-refractivity contribution in [3.05, 3.63) is 11.9 Å². The van der Waals surface area contributed by atoms with E-state index in [0.29, 0.717) is 12.3 Å². The summed E-state index contributed by atoms with van der Waals surface area (Å²) in [6.45, 7) is 2.57. The number of rotatable bonds is 5. The molecule has 0 radical (unpaired) electrons. The van der Waals surface area contributed by atoms with Crippen LogP contribution in [0.4, 0.5) is 4.79 Å². The smallest absolute Gasteiger partial charge is 0.325 e. The molecule has 1 aliphatic heterocycles. The van der Waals surface area contributed by atoms with Crippen LogP contribution in [0.2, 0.25) is 0 Å². The Morgan fingerprint density at radius 1 is 1.57 bits per heavy atom. The van der Waals surface area contributed by atoms with Crippen LogP contribution in [-0.4, -0.2) is 50.9 Å². The number of carbonyl (C=O) groups excluding carboxylic acids is 1. The second kappa shape index (κ2) is 7.02. The molecule has 0 aliphatic carbocycles. The van der Waals surface area contributed by atoms with Gasteiger partial charge >= 0.3 is 12.0 Å². The highest BCUT2D eigenvalue weighted by molar-refractivity contribution is 5.74. The predicted octanol–water partition coefficient (Wildman–Crippen LogP) is -0.271. The van der Waals surface area contributed by atoms with Crippen LogP contribution in [0, 0.1) is 0 Å². The third-order valence-electron chi connectivity index (χ3n) is 3.13. The Balaban J connectivity index is 1.73. The molecule has 0 spiro atoms. The van der Waals surface area contributed by atoms with Gasteiger partial charge in [0, 0.05) is 12.6 Å². The van der Waals surface area contributed by atoms with E-state index in [9.17, 15) is 9.59 Å². The molecule has 2 rings (SSSR count). The quantitative estimate of drug-likeness (QED) is 0.688. The highest BCUT2D eigenvalue weighted by Crippen LogP contribution is 2.12. The average molecular weight is 297 g/mol. The summed E-state index contributed by atoms with van der Waals surface area (Å²) < 4.78 is 6.62. The molecule has 2 unspecified atom stereocenters. The first-order valence-corrected chi connectivity index (χ1v) is 6.79. The summed E-state index contributed by atoms with van der Waals surface area (Å²) in [5, 5.41) is 21.6. The molecule has 1 fully saturated rings. The van der Waals surface area contributed by atoms with Gasteiger partial charge in [-0.15, -0.1) is 5.10 Å². The van der Waals surface area contributed by atoms with E-state index >= 15 is 0 Å². The van der Waals surface area contributed by atoms with Gasteiger partial charge in [-0.3, -0.25) is 4.79 Å². The summed E-state index contributed by atoms with van der Waals surface area (Å²) in [6.07, 6.45) is 3.24. The molecule has 1 aromatic heterocycles. The number of carbonyl (C=O) groups is 2. The van der Waals surface area contributed by atoms with Gasteiger partial charge in [-0.1, -0.05) is 5.21 Å². The van der Waals surface area contributed by atoms with Crippen molar-refractivity contribution in [3.8, 4) is 0 Å². The topological polar surface area (TPSA) is 118 Å². The highest BCUT2D eigenvalue weighted by atomic mass is 16.5. The fourth-order valence-electron chi connectivity index (χ4n) is 2.17. The first-order valence-electron chi connectivity index (χ1n) is 6.79. The third-order valence-corrected chi connectivity index (χ3v) is 3.13. The molecule has 0 saturated carbocycles. The molecule has 9 heteroatoms.